The molecule has 4 nitrogen and oxygen atoms in total. The Hall–Kier alpha value is -1.81. The number of rotatable bonds is 2. The molecule has 4 aliphatic rings. The van der Waals surface area contributed by atoms with Crippen LogP contribution < -0.4 is 4.74 Å². The molecule has 1 aliphatic carbocycles. The van der Waals surface area contributed by atoms with Crippen molar-refractivity contribution >= 4 is 0 Å². The van der Waals surface area contributed by atoms with E-state index in [-0.39, 0.29) is 13.5 Å². The van der Waals surface area contributed by atoms with Crippen LogP contribution in [0.15, 0.2) is 22.7 Å². The van der Waals surface area contributed by atoms with Gasteiger partial charge in [-0.25, -0.2) is 0 Å². The second-order valence-corrected chi connectivity index (χ2v) is 8.98. The first-order valence-electron chi connectivity index (χ1n) is 10.5. The second-order valence-electron chi connectivity index (χ2n) is 8.98. The number of ether oxygens (including phenoxy) is 1. The van der Waals surface area contributed by atoms with E-state index in [1.807, 2.05) is 0 Å². The van der Waals surface area contributed by atoms with Crippen LogP contribution in [0.25, 0.3) is 11.3 Å². The third-order valence-electron chi connectivity index (χ3n) is 5.77. The maximum absolute atomic E-state index is 6.30. The Labute approximate surface area is 170 Å². The van der Waals surface area contributed by atoms with Crippen molar-refractivity contribution in [2.24, 2.45) is 11.8 Å². The van der Waals surface area contributed by atoms with Crippen molar-refractivity contribution in [1.29, 1.82) is 0 Å². The van der Waals surface area contributed by atoms with Gasteiger partial charge in [-0.1, -0.05) is 51.1 Å². The molecule has 1 aromatic heterocycles. The fourth-order valence-corrected chi connectivity index (χ4v) is 4.39. The molecule has 0 amide bonds. The van der Waals surface area contributed by atoms with Gasteiger partial charge in [0, 0.05) is 12.1 Å². The third-order valence-corrected chi connectivity index (χ3v) is 5.77. The summed E-state index contributed by atoms with van der Waals surface area (Å²) in [6.07, 6.45) is 4.78. The highest BCUT2D eigenvalue weighted by Crippen LogP contribution is 2.40. The van der Waals surface area contributed by atoms with Crippen LogP contribution in [0.5, 0.6) is 5.95 Å². The number of aromatic nitrogens is 1. The molecule has 1 unspecified atom stereocenters. The lowest BCUT2D eigenvalue weighted by Crippen LogP contribution is -2.52. The van der Waals surface area contributed by atoms with E-state index >= 15 is 0 Å². The number of hydrogen-bond donors (Lipinski definition) is 0. The summed E-state index contributed by atoms with van der Waals surface area (Å²) in [6.45, 7) is 12.1. The molecule has 0 N–H and O–H groups in total. The third kappa shape index (κ3) is 4.27. The predicted molar refractivity (Wildman–Crippen MR) is 115 cm³/mol. The minimum atomic E-state index is 0. The molecular formula is C24H36N2O2. The highest BCUT2D eigenvalue weighted by atomic mass is 16.6. The summed E-state index contributed by atoms with van der Waals surface area (Å²) in [5.41, 5.74) is 6.01. The first kappa shape index (κ1) is 20.9. The molecule has 4 heteroatoms. The molecule has 0 radical (unpaired) electrons. The van der Waals surface area contributed by atoms with Crippen LogP contribution in [0.4, 0.5) is 0 Å². The Bertz CT molecular complexity index is 785. The van der Waals surface area contributed by atoms with E-state index in [0.717, 1.165) is 31.0 Å². The number of piperidine rings is 3. The lowest BCUT2D eigenvalue weighted by atomic mass is 9.85. The Morgan fingerprint density at radius 2 is 1.86 bits per heavy atom. The van der Waals surface area contributed by atoms with E-state index in [1.54, 1.807) is 0 Å². The topological polar surface area (TPSA) is 38.5 Å². The van der Waals surface area contributed by atoms with Gasteiger partial charge in [0.25, 0.3) is 0 Å². The summed E-state index contributed by atoms with van der Waals surface area (Å²) >= 11 is 0. The highest BCUT2D eigenvalue weighted by molar-refractivity contribution is 5.71. The van der Waals surface area contributed by atoms with Gasteiger partial charge in [-0.3, -0.25) is 4.90 Å². The van der Waals surface area contributed by atoms with Crippen LogP contribution in [0, 0.1) is 18.8 Å². The van der Waals surface area contributed by atoms with Crippen molar-refractivity contribution in [3.63, 3.8) is 0 Å². The molecule has 0 saturated carbocycles. The summed E-state index contributed by atoms with van der Waals surface area (Å²) < 4.78 is 11.9. The molecular weight excluding hydrogens is 348 g/mol. The fourth-order valence-electron chi connectivity index (χ4n) is 4.39. The molecule has 4 heterocycles. The number of benzene rings is 1. The molecule has 1 aromatic carbocycles. The average Bonchev–Trinajstić information content (AvgIpc) is 3.06. The smallest absolute Gasteiger partial charge is 0.315 e. The van der Waals surface area contributed by atoms with Crippen molar-refractivity contribution in [3.8, 4) is 17.2 Å². The van der Waals surface area contributed by atoms with E-state index in [4.69, 9.17) is 9.26 Å². The molecule has 1 atom stereocenters. The average molecular weight is 385 g/mol. The first-order chi connectivity index (χ1) is 13.0. The Kier molecular flexibility index (Phi) is 6.49. The largest absolute Gasteiger partial charge is 0.459 e. The van der Waals surface area contributed by atoms with Gasteiger partial charge in [0.1, 0.15) is 11.8 Å². The number of fused-ring (bicyclic) bond motifs is 6. The summed E-state index contributed by atoms with van der Waals surface area (Å²) in [5, 5.41) is 4.35. The van der Waals surface area contributed by atoms with E-state index in [9.17, 15) is 0 Å². The summed E-state index contributed by atoms with van der Waals surface area (Å²) in [7, 11) is 0. The van der Waals surface area contributed by atoms with Crippen molar-refractivity contribution < 1.29 is 9.26 Å². The molecule has 3 saturated heterocycles. The first-order valence-corrected chi connectivity index (χ1v) is 10.5. The van der Waals surface area contributed by atoms with Crippen LogP contribution in [-0.4, -0.2) is 35.8 Å². The van der Waals surface area contributed by atoms with Crippen molar-refractivity contribution in [2.75, 3.05) is 19.6 Å². The van der Waals surface area contributed by atoms with E-state index < -0.39 is 0 Å². The summed E-state index contributed by atoms with van der Waals surface area (Å²) in [5.74, 6) is 2.18. The molecule has 6 rings (SSSR count). The van der Waals surface area contributed by atoms with Crippen molar-refractivity contribution in [3.05, 3.63) is 34.9 Å². The summed E-state index contributed by atoms with van der Waals surface area (Å²) in [6, 6.07) is 6.61. The van der Waals surface area contributed by atoms with E-state index in [2.05, 4.69) is 56.0 Å². The SMILES string of the molecule is C.CC(C)C.Cc1ccc2c(c1)-c1noc(OC3CN4CCC3CC4)c1CC2. The number of nitrogens with zero attached hydrogens (tertiary/aromatic N) is 2. The zero-order valence-electron chi connectivity index (χ0n) is 17.1. The molecule has 28 heavy (non-hydrogen) atoms. The van der Waals surface area contributed by atoms with E-state index in [1.165, 1.54) is 48.2 Å². The van der Waals surface area contributed by atoms with Crippen LogP contribution in [0.3, 0.4) is 0 Å². The molecule has 3 fully saturated rings. The zero-order chi connectivity index (χ0) is 19.0. The molecule has 2 bridgehead atoms. The second kappa shape index (κ2) is 8.69. The Balaban J connectivity index is 0.000000414. The fraction of sp³-hybridized carbons (Fsp3) is 0.625. The van der Waals surface area contributed by atoms with Crippen LogP contribution in [0.2, 0.25) is 0 Å². The van der Waals surface area contributed by atoms with Gasteiger partial charge < -0.3 is 9.26 Å². The van der Waals surface area contributed by atoms with Crippen molar-refractivity contribution in [2.45, 2.75) is 66.9 Å². The quantitative estimate of drug-likeness (QED) is 0.683. The minimum absolute atomic E-state index is 0. The lowest BCUT2D eigenvalue weighted by Gasteiger charge is -2.43. The van der Waals surface area contributed by atoms with Gasteiger partial charge >= 0.3 is 5.95 Å². The van der Waals surface area contributed by atoms with Crippen molar-refractivity contribution in [1.82, 2.24) is 10.1 Å². The predicted octanol–water partition coefficient (Wildman–Crippen LogP) is 5.52. The lowest BCUT2D eigenvalue weighted by molar-refractivity contribution is -0.0216. The van der Waals surface area contributed by atoms with Crippen LogP contribution >= 0.6 is 0 Å². The zero-order valence-corrected chi connectivity index (χ0v) is 17.1. The molecule has 3 aliphatic heterocycles. The van der Waals surface area contributed by atoms with Gasteiger partial charge in [0.15, 0.2) is 0 Å². The van der Waals surface area contributed by atoms with Gasteiger partial charge in [-0.05, 0) is 69.2 Å². The number of hydrogen-bond acceptors (Lipinski definition) is 4. The van der Waals surface area contributed by atoms with Crippen LogP contribution in [-0.2, 0) is 12.8 Å². The van der Waals surface area contributed by atoms with Gasteiger partial charge in [0.2, 0.25) is 0 Å². The Morgan fingerprint density at radius 1 is 1.14 bits per heavy atom. The maximum atomic E-state index is 6.30. The highest BCUT2D eigenvalue weighted by Gasteiger charge is 2.37. The maximum Gasteiger partial charge on any atom is 0.315 e. The number of aryl methyl sites for hydroxylation is 2. The Morgan fingerprint density at radius 3 is 2.50 bits per heavy atom. The normalized spacial score (nSPS) is 24.5. The van der Waals surface area contributed by atoms with Gasteiger partial charge in [-0.2, -0.15) is 0 Å². The molecule has 154 valence electrons. The summed E-state index contributed by atoms with van der Waals surface area (Å²) in [4.78, 5) is 2.51. The standard InChI is InChI=1S/C19H22N2O2.C4H10.CH4/c1-12-2-3-13-4-5-15-18(16(13)10-12)20-23-19(15)22-17-11-21-8-6-14(17)7-9-21;1-4(2)3;/h2-3,10,14,17H,4-9,11H2,1H3;4H,1-3H3;1H4. The molecule has 0 spiro atoms. The van der Waals surface area contributed by atoms with Gasteiger partial charge in [0.05, 0.1) is 5.56 Å². The van der Waals surface area contributed by atoms with E-state index in [0.29, 0.717) is 11.9 Å². The minimum Gasteiger partial charge on any atom is -0.459 e. The monoisotopic (exact) mass is 384 g/mol. The van der Waals surface area contributed by atoms with Gasteiger partial charge in [-0.15, -0.1) is 0 Å². The van der Waals surface area contributed by atoms with Crippen LogP contribution in [0.1, 0.15) is 57.7 Å². The molecule has 2 aromatic rings.